The number of aromatic nitrogens is 2. The molecular weight excluding hydrogens is 338 g/mol. The fourth-order valence-corrected chi connectivity index (χ4v) is 2.23. The van der Waals surface area contributed by atoms with Crippen LogP contribution in [0.3, 0.4) is 0 Å². The Labute approximate surface area is 129 Å². The monoisotopic (exact) mass is 351 g/mol. The fraction of sp³-hybridized carbons (Fsp3) is 0.214. The number of carboxylic acid groups (broad SMARTS) is 1. The van der Waals surface area contributed by atoms with Crippen molar-refractivity contribution in [3.63, 3.8) is 0 Å². The van der Waals surface area contributed by atoms with Crippen LogP contribution in [0.5, 0.6) is 0 Å². The minimum Gasteiger partial charge on any atom is -0.476 e. The number of nitrogens with one attached hydrogen (secondary N) is 1. The lowest BCUT2D eigenvalue weighted by molar-refractivity contribution is 0.0690. The first-order valence-corrected chi connectivity index (χ1v) is 7.06. The number of imidazole rings is 1. The van der Waals surface area contributed by atoms with E-state index in [1.807, 2.05) is 19.1 Å². The molecular formula is C14H14BrN3O3. The van der Waals surface area contributed by atoms with Gasteiger partial charge in [-0.05, 0) is 35.0 Å². The van der Waals surface area contributed by atoms with E-state index < -0.39 is 5.97 Å². The van der Waals surface area contributed by atoms with Crippen molar-refractivity contribution < 1.29 is 14.7 Å². The number of benzene rings is 1. The topological polar surface area (TPSA) is 84.2 Å². The number of carbonyl (C=O) groups is 2. The van der Waals surface area contributed by atoms with Crippen LogP contribution in [0.25, 0.3) is 0 Å². The van der Waals surface area contributed by atoms with E-state index in [4.69, 9.17) is 5.11 Å². The largest absolute Gasteiger partial charge is 0.476 e. The molecule has 0 aliphatic carbocycles. The molecule has 1 aromatic heterocycles. The molecule has 0 saturated carbocycles. The first-order valence-electron chi connectivity index (χ1n) is 6.27. The Morgan fingerprint density at radius 1 is 1.43 bits per heavy atom. The second kappa shape index (κ2) is 6.53. The maximum atomic E-state index is 12.1. The van der Waals surface area contributed by atoms with E-state index in [9.17, 15) is 9.59 Å². The Bertz CT molecular complexity index is 682. The molecule has 110 valence electrons. The molecule has 2 aromatic rings. The summed E-state index contributed by atoms with van der Waals surface area (Å²) in [5.74, 6) is -1.24. The molecule has 21 heavy (non-hydrogen) atoms. The summed E-state index contributed by atoms with van der Waals surface area (Å²) in [6, 6.07) is 5.55. The quantitative estimate of drug-likeness (QED) is 0.863. The van der Waals surface area contributed by atoms with E-state index in [1.54, 1.807) is 10.6 Å². The van der Waals surface area contributed by atoms with E-state index in [0.29, 0.717) is 18.7 Å². The standard InChI is InChI=1S/C14H14BrN3O3/c1-9-2-3-11(15)10(6-9)13(19)16-4-5-18-7-12(14(20)21)17-8-18/h2-3,6-8H,4-5H2,1H3,(H,16,19)(H,20,21). The van der Waals surface area contributed by atoms with E-state index in [2.05, 4.69) is 26.2 Å². The van der Waals surface area contributed by atoms with Crippen LogP contribution < -0.4 is 5.32 Å². The first kappa shape index (κ1) is 15.2. The van der Waals surface area contributed by atoms with Gasteiger partial charge >= 0.3 is 5.97 Å². The first-order chi connectivity index (χ1) is 9.97. The van der Waals surface area contributed by atoms with Gasteiger partial charge in [-0.3, -0.25) is 4.79 Å². The minimum absolute atomic E-state index is 0.0113. The lowest BCUT2D eigenvalue weighted by Gasteiger charge is -2.08. The van der Waals surface area contributed by atoms with Crippen molar-refractivity contribution in [1.82, 2.24) is 14.9 Å². The molecule has 0 saturated heterocycles. The van der Waals surface area contributed by atoms with Gasteiger partial charge < -0.3 is 15.0 Å². The van der Waals surface area contributed by atoms with Gasteiger partial charge in [0.15, 0.2) is 5.69 Å². The van der Waals surface area contributed by atoms with Gasteiger partial charge in [-0.25, -0.2) is 9.78 Å². The molecule has 0 spiro atoms. The van der Waals surface area contributed by atoms with E-state index in [-0.39, 0.29) is 11.6 Å². The second-order valence-corrected chi connectivity index (χ2v) is 5.40. The molecule has 7 heteroatoms. The summed E-state index contributed by atoms with van der Waals surface area (Å²) in [7, 11) is 0. The number of carbonyl (C=O) groups excluding carboxylic acids is 1. The van der Waals surface area contributed by atoms with Crippen LogP contribution in [0.2, 0.25) is 0 Å². The lowest BCUT2D eigenvalue weighted by Crippen LogP contribution is -2.27. The number of hydrogen-bond acceptors (Lipinski definition) is 3. The molecule has 2 rings (SSSR count). The van der Waals surface area contributed by atoms with Crippen LogP contribution in [0.15, 0.2) is 35.2 Å². The van der Waals surface area contributed by atoms with Gasteiger partial charge in [-0.15, -0.1) is 0 Å². The van der Waals surface area contributed by atoms with Crippen molar-refractivity contribution in [2.45, 2.75) is 13.5 Å². The van der Waals surface area contributed by atoms with Crippen molar-refractivity contribution in [3.8, 4) is 0 Å². The van der Waals surface area contributed by atoms with Gasteiger partial charge in [0.05, 0.1) is 11.9 Å². The minimum atomic E-state index is -1.07. The third-order valence-electron chi connectivity index (χ3n) is 2.87. The lowest BCUT2D eigenvalue weighted by atomic mass is 10.1. The van der Waals surface area contributed by atoms with Crippen molar-refractivity contribution in [2.24, 2.45) is 0 Å². The van der Waals surface area contributed by atoms with Crippen LogP contribution in [0, 0.1) is 6.92 Å². The van der Waals surface area contributed by atoms with Gasteiger partial charge in [0.25, 0.3) is 5.91 Å². The van der Waals surface area contributed by atoms with Gasteiger partial charge in [0.2, 0.25) is 0 Å². The Kier molecular flexibility index (Phi) is 4.74. The highest BCUT2D eigenvalue weighted by Gasteiger charge is 2.10. The zero-order valence-electron chi connectivity index (χ0n) is 11.3. The molecule has 1 amide bonds. The fourth-order valence-electron chi connectivity index (χ4n) is 1.80. The van der Waals surface area contributed by atoms with E-state index >= 15 is 0 Å². The number of amides is 1. The Morgan fingerprint density at radius 2 is 2.19 bits per heavy atom. The van der Waals surface area contributed by atoms with Crippen molar-refractivity contribution >= 4 is 27.8 Å². The highest BCUT2D eigenvalue weighted by molar-refractivity contribution is 9.10. The van der Waals surface area contributed by atoms with Crippen LogP contribution in [0.4, 0.5) is 0 Å². The zero-order chi connectivity index (χ0) is 15.4. The highest BCUT2D eigenvalue weighted by Crippen LogP contribution is 2.17. The molecule has 1 aromatic carbocycles. The van der Waals surface area contributed by atoms with Crippen LogP contribution in [0.1, 0.15) is 26.4 Å². The predicted molar refractivity (Wildman–Crippen MR) is 80.4 cm³/mol. The molecule has 0 atom stereocenters. The Morgan fingerprint density at radius 3 is 2.86 bits per heavy atom. The molecule has 0 bridgehead atoms. The number of rotatable bonds is 5. The summed E-state index contributed by atoms with van der Waals surface area (Å²) in [5, 5.41) is 11.6. The average molecular weight is 352 g/mol. The molecule has 2 N–H and O–H groups in total. The van der Waals surface area contributed by atoms with Gasteiger partial charge in [-0.1, -0.05) is 11.6 Å². The number of aromatic carboxylic acids is 1. The van der Waals surface area contributed by atoms with Gasteiger partial charge in [0.1, 0.15) is 0 Å². The maximum absolute atomic E-state index is 12.1. The molecule has 1 heterocycles. The Hall–Kier alpha value is -2.15. The molecule has 0 radical (unpaired) electrons. The summed E-state index contributed by atoms with van der Waals surface area (Å²) in [5.41, 5.74) is 1.57. The third kappa shape index (κ3) is 3.91. The molecule has 0 fully saturated rings. The maximum Gasteiger partial charge on any atom is 0.356 e. The SMILES string of the molecule is Cc1ccc(Br)c(C(=O)NCCn2cnc(C(=O)O)c2)c1. The molecule has 0 aliphatic rings. The van der Waals surface area contributed by atoms with Crippen LogP contribution in [-0.2, 0) is 6.54 Å². The van der Waals surface area contributed by atoms with Gasteiger partial charge in [0, 0.05) is 23.8 Å². The average Bonchev–Trinajstić information content (AvgIpc) is 2.90. The third-order valence-corrected chi connectivity index (χ3v) is 3.57. The number of aryl methyl sites for hydroxylation is 1. The summed E-state index contributed by atoms with van der Waals surface area (Å²) in [4.78, 5) is 26.5. The summed E-state index contributed by atoms with van der Waals surface area (Å²) in [6.07, 6.45) is 2.86. The predicted octanol–water partition coefficient (Wildman–Crippen LogP) is 2.08. The second-order valence-electron chi connectivity index (χ2n) is 4.54. The molecule has 6 nitrogen and oxygen atoms in total. The normalized spacial score (nSPS) is 10.4. The zero-order valence-corrected chi connectivity index (χ0v) is 12.9. The number of nitrogens with zero attached hydrogens (tertiary/aromatic N) is 2. The summed E-state index contributed by atoms with van der Waals surface area (Å²) < 4.78 is 2.36. The molecule has 0 unspecified atom stereocenters. The highest BCUT2D eigenvalue weighted by atomic mass is 79.9. The van der Waals surface area contributed by atoms with Crippen LogP contribution in [-0.4, -0.2) is 33.1 Å². The van der Waals surface area contributed by atoms with Crippen molar-refractivity contribution in [3.05, 3.63) is 52.0 Å². The Balaban J connectivity index is 1.92. The van der Waals surface area contributed by atoms with Crippen molar-refractivity contribution in [2.75, 3.05) is 6.54 Å². The number of carboxylic acids is 1. The summed E-state index contributed by atoms with van der Waals surface area (Å²) >= 11 is 3.35. The number of halogens is 1. The van der Waals surface area contributed by atoms with Crippen LogP contribution >= 0.6 is 15.9 Å². The van der Waals surface area contributed by atoms with E-state index in [1.165, 1.54) is 12.5 Å². The van der Waals surface area contributed by atoms with Crippen molar-refractivity contribution in [1.29, 1.82) is 0 Å². The summed E-state index contributed by atoms with van der Waals surface area (Å²) in [6.45, 7) is 2.76. The molecule has 0 aliphatic heterocycles. The van der Waals surface area contributed by atoms with Gasteiger partial charge in [-0.2, -0.15) is 0 Å². The smallest absolute Gasteiger partial charge is 0.356 e. The van der Waals surface area contributed by atoms with E-state index in [0.717, 1.165) is 10.0 Å². The number of hydrogen-bond donors (Lipinski definition) is 2.